The summed E-state index contributed by atoms with van der Waals surface area (Å²) in [6.45, 7) is 2.34. The van der Waals surface area contributed by atoms with E-state index in [9.17, 15) is 18.0 Å². The van der Waals surface area contributed by atoms with E-state index in [0.29, 0.717) is 5.92 Å². The van der Waals surface area contributed by atoms with E-state index in [1.54, 1.807) is 6.92 Å². The number of alkyl halides is 3. The van der Waals surface area contributed by atoms with Crippen LogP contribution in [0, 0.1) is 5.92 Å². The minimum atomic E-state index is -4.36. The maximum absolute atomic E-state index is 12.0. The molecule has 0 aromatic rings. The van der Waals surface area contributed by atoms with Gasteiger partial charge in [-0.1, -0.05) is 19.3 Å². The van der Waals surface area contributed by atoms with Crippen LogP contribution in [0.3, 0.4) is 0 Å². The van der Waals surface area contributed by atoms with Crippen LogP contribution in [0.2, 0.25) is 0 Å². The molecule has 0 aliphatic heterocycles. The molecule has 1 saturated carbocycles. The molecule has 0 heterocycles. The largest absolute Gasteiger partial charge is 0.405 e. The summed E-state index contributed by atoms with van der Waals surface area (Å²) in [5, 5.41) is 5.01. The van der Waals surface area contributed by atoms with Gasteiger partial charge in [-0.3, -0.25) is 4.79 Å². The fourth-order valence-electron chi connectivity index (χ4n) is 2.58. The van der Waals surface area contributed by atoms with Crippen molar-refractivity contribution in [3.63, 3.8) is 0 Å². The smallest absolute Gasteiger partial charge is 0.346 e. The van der Waals surface area contributed by atoms with Gasteiger partial charge in [0.1, 0.15) is 6.54 Å². The quantitative estimate of drug-likeness (QED) is 0.813. The molecule has 2 atom stereocenters. The fourth-order valence-corrected chi connectivity index (χ4v) is 2.58. The number of hydrogen-bond donors (Lipinski definition) is 2. The summed E-state index contributed by atoms with van der Waals surface area (Å²) >= 11 is 0. The highest BCUT2D eigenvalue weighted by Gasteiger charge is 2.29. The summed E-state index contributed by atoms with van der Waals surface area (Å²) in [5.74, 6) is -0.0772. The van der Waals surface area contributed by atoms with Gasteiger partial charge >= 0.3 is 6.18 Å². The number of carbonyl (C=O) groups excluding carboxylic acids is 1. The first-order valence-electron chi connectivity index (χ1n) is 6.90. The molecule has 2 N–H and O–H groups in total. The Morgan fingerprint density at radius 1 is 1.21 bits per heavy atom. The predicted octanol–water partition coefficient (Wildman–Crippen LogP) is 2.61. The van der Waals surface area contributed by atoms with E-state index in [-0.39, 0.29) is 6.04 Å². The third kappa shape index (κ3) is 6.27. The van der Waals surface area contributed by atoms with Gasteiger partial charge in [0.2, 0.25) is 5.91 Å². The maximum atomic E-state index is 12.0. The highest BCUT2D eigenvalue weighted by atomic mass is 19.4. The van der Waals surface area contributed by atoms with Gasteiger partial charge in [-0.25, -0.2) is 0 Å². The third-order valence-electron chi connectivity index (χ3n) is 3.73. The van der Waals surface area contributed by atoms with E-state index in [1.165, 1.54) is 19.3 Å². The normalized spacial score (nSPS) is 20.9. The minimum Gasteiger partial charge on any atom is -0.346 e. The van der Waals surface area contributed by atoms with E-state index < -0.39 is 24.7 Å². The van der Waals surface area contributed by atoms with Gasteiger partial charge in [-0.05, 0) is 32.6 Å². The molecule has 0 aromatic carbocycles. The van der Waals surface area contributed by atoms with Crippen molar-refractivity contribution >= 4 is 5.91 Å². The summed E-state index contributed by atoms with van der Waals surface area (Å²) in [7, 11) is 0. The molecule has 0 radical (unpaired) electrons. The van der Waals surface area contributed by atoms with Gasteiger partial charge in [0.15, 0.2) is 0 Å². The van der Waals surface area contributed by atoms with E-state index in [0.717, 1.165) is 12.8 Å². The highest BCUT2D eigenvalue weighted by molar-refractivity contribution is 5.81. The second kappa shape index (κ2) is 7.12. The number of rotatable bonds is 5. The molecule has 0 aromatic heterocycles. The van der Waals surface area contributed by atoms with E-state index >= 15 is 0 Å². The standard InChI is InChI=1S/C13H23F3N2O/c1-9(11-6-4-3-5-7-11)18-10(2)12(19)17-8-13(14,15)16/h9-11,18H,3-8H2,1-2H3,(H,17,19). The molecule has 3 nitrogen and oxygen atoms in total. The Labute approximate surface area is 112 Å². The summed E-state index contributed by atoms with van der Waals surface area (Å²) in [4.78, 5) is 11.5. The summed E-state index contributed by atoms with van der Waals surface area (Å²) in [6.07, 6.45) is 1.56. The van der Waals surface area contributed by atoms with Crippen LogP contribution in [-0.2, 0) is 4.79 Å². The molecule has 19 heavy (non-hydrogen) atoms. The molecule has 1 amide bonds. The summed E-state index contributed by atoms with van der Waals surface area (Å²) < 4.78 is 36.0. The zero-order valence-corrected chi connectivity index (χ0v) is 11.5. The average molecular weight is 280 g/mol. The molecule has 1 aliphatic carbocycles. The van der Waals surface area contributed by atoms with E-state index in [1.807, 2.05) is 12.2 Å². The first-order chi connectivity index (χ1) is 8.79. The number of nitrogens with one attached hydrogen (secondary N) is 2. The third-order valence-corrected chi connectivity index (χ3v) is 3.73. The highest BCUT2D eigenvalue weighted by Crippen LogP contribution is 2.26. The van der Waals surface area contributed by atoms with Gasteiger partial charge in [0.25, 0.3) is 0 Å². The number of carbonyl (C=O) groups is 1. The van der Waals surface area contributed by atoms with Crippen molar-refractivity contribution in [2.45, 2.75) is 64.2 Å². The minimum absolute atomic E-state index is 0.159. The molecule has 1 rings (SSSR count). The molecule has 6 heteroatoms. The molecule has 0 saturated heterocycles. The van der Waals surface area contributed by atoms with Crippen LogP contribution in [0.1, 0.15) is 46.0 Å². The average Bonchev–Trinajstić information content (AvgIpc) is 2.36. The lowest BCUT2D eigenvalue weighted by molar-refractivity contribution is -0.139. The van der Waals surface area contributed by atoms with Crippen LogP contribution in [0.4, 0.5) is 13.2 Å². The Morgan fingerprint density at radius 2 is 1.79 bits per heavy atom. The Morgan fingerprint density at radius 3 is 2.32 bits per heavy atom. The van der Waals surface area contributed by atoms with Crippen LogP contribution in [-0.4, -0.2) is 30.7 Å². The molecule has 1 fully saturated rings. The predicted molar refractivity (Wildman–Crippen MR) is 67.7 cm³/mol. The zero-order chi connectivity index (χ0) is 14.5. The molecule has 0 spiro atoms. The van der Waals surface area contributed by atoms with Gasteiger partial charge in [-0.2, -0.15) is 13.2 Å². The van der Waals surface area contributed by atoms with Crippen LogP contribution in [0.25, 0.3) is 0 Å². The van der Waals surface area contributed by atoms with Crippen molar-refractivity contribution < 1.29 is 18.0 Å². The molecule has 2 unspecified atom stereocenters. The molecule has 0 bridgehead atoms. The second-order valence-corrected chi connectivity index (χ2v) is 5.41. The van der Waals surface area contributed by atoms with Crippen molar-refractivity contribution in [3.05, 3.63) is 0 Å². The fraction of sp³-hybridized carbons (Fsp3) is 0.923. The van der Waals surface area contributed by atoms with Crippen molar-refractivity contribution in [2.75, 3.05) is 6.54 Å². The summed E-state index contributed by atoms with van der Waals surface area (Å²) in [6, 6.07) is -0.439. The Balaban J connectivity index is 2.32. The van der Waals surface area contributed by atoms with Crippen molar-refractivity contribution in [3.8, 4) is 0 Å². The molecule has 1 aliphatic rings. The molecular formula is C13H23F3N2O. The first-order valence-corrected chi connectivity index (χ1v) is 6.90. The molecular weight excluding hydrogens is 257 g/mol. The van der Waals surface area contributed by atoms with Crippen LogP contribution in [0.5, 0.6) is 0 Å². The van der Waals surface area contributed by atoms with E-state index in [4.69, 9.17) is 0 Å². The SMILES string of the molecule is CC(NC(C)C1CCCCC1)C(=O)NCC(F)(F)F. The first kappa shape index (κ1) is 16.3. The van der Waals surface area contributed by atoms with Gasteiger partial charge in [0, 0.05) is 6.04 Å². The second-order valence-electron chi connectivity index (χ2n) is 5.41. The number of hydrogen-bond acceptors (Lipinski definition) is 2. The van der Waals surface area contributed by atoms with Crippen molar-refractivity contribution in [1.29, 1.82) is 0 Å². The Hall–Kier alpha value is -0.780. The van der Waals surface area contributed by atoms with Gasteiger partial charge < -0.3 is 10.6 Å². The van der Waals surface area contributed by atoms with Crippen LogP contribution in [0.15, 0.2) is 0 Å². The number of halogens is 3. The Bertz CT molecular complexity index is 288. The lowest BCUT2D eigenvalue weighted by Gasteiger charge is -2.30. The monoisotopic (exact) mass is 280 g/mol. The topological polar surface area (TPSA) is 41.1 Å². The van der Waals surface area contributed by atoms with Gasteiger partial charge in [0.05, 0.1) is 6.04 Å². The number of amides is 1. The molecule has 112 valence electrons. The van der Waals surface area contributed by atoms with Crippen molar-refractivity contribution in [1.82, 2.24) is 10.6 Å². The zero-order valence-electron chi connectivity index (χ0n) is 11.5. The lowest BCUT2D eigenvalue weighted by Crippen LogP contribution is -2.49. The Kier molecular flexibility index (Phi) is 6.10. The lowest BCUT2D eigenvalue weighted by atomic mass is 9.84. The van der Waals surface area contributed by atoms with Crippen LogP contribution >= 0.6 is 0 Å². The maximum Gasteiger partial charge on any atom is 0.405 e. The van der Waals surface area contributed by atoms with Crippen LogP contribution < -0.4 is 10.6 Å². The van der Waals surface area contributed by atoms with Crippen molar-refractivity contribution in [2.24, 2.45) is 5.92 Å². The van der Waals surface area contributed by atoms with E-state index in [2.05, 4.69) is 5.32 Å². The van der Waals surface area contributed by atoms with Gasteiger partial charge in [-0.15, -0.1) is 0 Å². The summed E-state index contributed by atoms with van der Waals surface area (Å²) in [5.41, 5.74) is 0.